The number of carbonyl (C=O) groups excluding carboxylic acids is 1. The SMILES string of the molecule is CCC(CC)C(=O)/C=C(\O)C(CC)CC.[2H]C([2H])(c1ccc(-c2ccc(-c3ccnc(-c4[c-]c5ccccc5c(C(C)(C)C)c4)n3)cc2)cc1)C(C)(C)C(F)(F)F.[Ir]. The fourth-order valence-electron chi connectivity index (χ4n) is 6.41. The van der Waals surface area contributed by atoms with Gasteiger partial charge in [0.2, 0.25) is 0 Å². The maximum Gasteiger partial charge on any atom is 0.394 e. The summed E-state index contributed by atoms with van der Waals surface area (Å²) in [6, 6.07) is 29.5. The molecule has 56 heavy (non-hydrogen) atoms. The minimum atomic E-state index is -4.69. The van der Waals surface area contributed by atoms with Crippen molar-refractivity contribution in [2.24, 2.45) is 17.3 Å². The Labute approximate surface area is 348 Å². The Morgan fingerprint density at radius 3 is 1.88 bits per heavy atom. The Morgan fingerprint density at radius 1 is 0.804 bits per heavy atom. The number of benzene rings is 4. The number of aromatic nitrogens is 2. The summed E-state index contributed by atoms with van der Waals surface area (Å²) in [7, 11) is 0. The van der Waals surface area contributed by atoms with Crippen LogP contribution in [0, 0.1) is 23.3 Å². The van der Waals surface area contributed by atoms with Crippen LogP contribution in [0.3, 0.4) is 0 Å². The second-order valence-electron chi connectivity index (χ2n) is 15.6. The molecule has 0 saturated heterocycles. The normalized spacial score (nSPS) is 13.1. The number of nitrogens with zero attached hydrogens (tertiary/aromatic N) is 2. The summed E-state index contributed by atoms with van der Waals surface area (Å²) in [5.74, 6) is 1.13. The van der Waals surface area contributed by atoms with E-state index < -0.39 is 18.0 Å². The Kier molecular flexibility index (Phi) is 15.2. The number of ketones is 1. The Hall–Kier alpha value is -4.13. The first-order valence-corrected chi connectivity index (χ1v) is 19.2. The van der Waals surface area contributed by atoms with Gasteiger partial charge in [-0.05, 0) is 65.8 Å². The molecular weight excluding hydrogens is 886 g/mol. The molecule has 0 amide bonds. The molecule has 1 heterocycles. The summed E-state index contributed by atoms with van der Waals surface area (Å²) in [5, 5.41) is 11.9. The maximum atomic E-state index is 13.5. The maximum absolute atomic E-state index is 13.5. The first-order chi connectivity index (χ1) is 26.7. The summed E-state index contributed by atoms with van der Waals surface area (Å²) in [6.07, 6.45) is -0.633. The second kappa shape index (κ2) is 19.8. The number of carbonyl (C=O) groups is 1. The van der Waals surface area contributed by atoms with E-state index in [0.29, 0.717) is 5.82 Å². The van der Waals surface area contributed by atoms with E-state index in [2.05, 4.69) is 50.0 Å². The average molecular weight is 944 g/mol. The molecule has 8 heteroatoms. The third-order valence-electron chi connectivity index (χ3n) is 10.1. The number of fused-ring (bicyclic) bond motifs is 1. The van der Waals surface area contributed by atoms with Crippen molar-refractivity contribution in [2.75, 3.05) is 0 Å². The second-order valence-corrected chi connectivity index (χ2v) is 15.6. The van der Waals surface area contributed by atoms with Gasteiger partial charge in [0, 0.05) is 47.0 Å². The molecule has 1 N–H and O–H groups in total. The van der Waals surface area contributed by atoms with Gasteiger partial charge in [0.15, 0.2) is 5.78 Å². The van der Waals surface area contributed by atoms with Crippen LogP contribution < -0.4 is 0 Å². The van der Waals surface area contributed by atoms with Gasteiger partial charge in [0.05, 0.1) is 22.7 Å². The van der Waals surface area contributed by atoms with Crippen molar-refractivity contribution >= 4 is 16.6 Å². The molecule has 4 aromatic carbocycles. The van der Waals surface area contributed by atoms with Crippen molar-refractivity contribution in [1.29, 1.82) is 0 Å². The molecule has 1 aromatic heterocycles. The fraction of sp³-hybridized carbons (Fsp3) is 0.396. The van der Waals surface area contributed by atoms with E-state index >= 15 is 0 Å². The number of aliphatic hydroxyl groups excluding tert-OH is 1. The molecule has 0 atom stereocenters. The van der Waals surface area contributed by atoms with Crippen LogP contribution in [0.25, 0.3) is 44.5 Å². The van der Waals surface area contributed by atoms with Gasteiger partial charge in [0.1, 0.15) is 0 Å². The van der Waals surface area contributed by atoms with E-state index in [1.54, 1.807) is 18.3 Å². The molecule has 0 fully saturated rings. The van der Waals surface area contributed by atoms with E-state index in [4.69, 9.17) is 7.73 Å². The topological polar surface area (TPSA) is 63.1 Å². The quantitative estimate of drug-likeness (QED) is 0.0769. The number of hydrogen-bond donors (Lipinski definition) is 1. The molecule has 301 valence electrons. The number of halogens is 3. The number of aliphatic hydroxyl groups is 1. The van der Waals surface area contributed by atoms with E-state index in [-0.39, 0.29) is 54.5 Å². The minimum absolute atomic E-state index is 0. The van der Waals surface area contributed by atoms with Crippen LogP contribution in [0.2, 0.25) is 0 Å². The van der Waals surface area contributed by atoms with Gasteiger partial charge in [-0.1, -0.05) is 140 Å². The van der Waals surface area contributed by atoms with Gasteiger partial charge >= 0.3 is 6.18 Å². The van der Waals surface area contributed by atoms with Gasteiger partial charge in [-0.25, -0.2) is 0 Å². The van der Waals surface area contributed by atoms with Gasteiger partial charge in [0.25, 0.3) is 0 Å². The van der Waals surface area contributed by atoms with Gasteiger partial charge in [-0.2, -0.15) is 13.2 Å². The summed E-state index contributed by atoms with van der Waals surface area (Å²) >= 11 is 0. The van der Waals surface area contributed by atoms with E-state index in [1.165, 1.54) is 23.8 Å². The van der Waals surface area contributed by atoms with Crippen molar-refractivity contribution in [3.63, 3.8) is 0 Å². The third kappa shape index (κ3) is 11.7. The van der Waals surface area contributed by atoms with Crippen molar-refractivity contribution in [2.45, 2.75) is 106 Å². The minimum Gasteiger partial charge on any atom is -0.512 e. The monoisotopic (exact) mass is 944 g/mol. The van der Waals surface area contributed by atoms with Crippen LogP contribution in [-0.2, 0) is 36.7 Å². The number of allylic oxidation sites excluding steroid dienone is 2. The van der Waals surface area contributed by atoms with Crippen LogP contribution in [0.15, 0.2) is 103 Å². The Bertz CT molecular complexity index is 2150. The first-order valence-electron chi connectivity index (χ1n) is 20.2. The van der Waals surface area contributed by atoms with Gasteiger partial charge in [-0.3, -0.25) is 14.8 Å². The van der Waals surface area contributed by atoms with Gasteiger partial charge in [-0.15, -0.1) is 29.1 Å². The summed E-state index contributed by atoms with van der Waals surface area (Å²) in [6.45, 7) is 16.4. The molecule has 0 aliphatic rings. The van der Waals surface area contributed by atoms with Crippen LogP contribution in [0.1, 0.15) is 102 Å². The molecule has 0 saturated carbocycles. The van der Waals surface area contributed by atoms with Crippen LogP contribution >= 0.6 is 0 Å². The van der Waals surface area contributed by atoms with Crippen LogP contribution in [0.5, 0.6) is 0 Å². The zero-order valence-electron chi connectivity index (χ0n) is 35.9. The first kappa shape index (κ1) is 43.0. The van der Waals surface area contributed by atoms with Crippen LogP contribution in [0.4, 0.5) is 13.2 Å². The molecule has 4 nitrogen and oxygen atoms in total. The van der Waals surface area contributed by atoms with E-state index in [0.717, 1.165) is 78.3 Å². The predicted molar refractivity (Wildman–Crippen MR) is 221 cm³/mol. The molecule has 0 unspecified atom stereocenters. The molecule has 1 radical (unpaired) electrons. The molecular formula is C48H56F3IrN2O2-. The average Bonchev–Trinajstić information content (AvgIpc) is 3.18. The van der Waals surface area contributed by atoms with Crippen molar-refractivity contribution < 1.29 is 45.9 Å². The van der Waals surface area contributed by atoms with Gasteiger partial charge < -0.3 is 5.11 Å². The standard InChI is InChI=1S/C35H32F3N2.C13H24O2.Ir/c1-33(2,3)30-21-28(20-27-8-6-7-9-29(27)30)32-39-19-18-31(40-32)26-16-14-25(15-17-26)24-12-10-23(11-13-24)22-34(4,5)35(36,37)38;1-5-10(6-2)12(14)9-13(15)11(7-3)8-4;/h6-19,21H,22H2,1-5H3;9-11,14H,5-8H2,1-4H3;/q-1;;/b;12-9-;/i22D2;;. The molecule has 0 bridgehead atoms. The number of alkyl halides is 3. The Morgan fingerprint density at radius 2 is 1.34 bits per heavy atom. The summed E-state index contributed by atoms with van der Waals surface area (Å²) in [5.41, 5.74) is 2.66. The van der Waals surface area contributed by atoms with E-state index in [9.17, 15) is 23.1 Å². The van der Waals surface area contributed by atoms with E-state index in [1.807, 2.05) is 70.2 Å². The summed E-state index contributed by atoms with van der Waals surface area (Å²) < 4.78 is 57.0. The molecule has 0 spiro atoms. The zero-order chi connectivity index (χ0) is 42.3. The molecule has 0 aliphatic carbocycles. The molecule has 0 aliphatic heterocycles. The number of rotatable bonds is 12. The van der Waals surface area contributed by atoms with Crippen molar-refractivity contribution in [1.82, 2.24) is 9.97 Å². The summed E-state index contributed by atoms with van der Waals surface area (Å²) in [4.78, 5) is 21.1. The predicted octanol–water partition coefficient (Wildman–Crippen LogP) is 13.7. The third-order valence-corrected chi connectivity index (χ3v) is 10.1. The fourth-order valence-corrected chi connectivity index (χ4v) is 6.41. The van der Waals surface area contributed by atoms with Crippen LogP contribution in [-0.4, -0.2) is 27.0 Å². The largest absolute Gasteiger partial charge is 0.512 e. The smallest absolute Gasteiger partial charge is 0.394 e. The van der Waals surface area contributed by atoms with Crippen molar-refractivity contribution in [3.05, 3.63) is 120 Å². The zero-order valence-corrected chi connectivity index (χ0v) is 36.3. The molecule has 5 rings (SSSR count). The number of hydrogen-bond acceptors (Lipinski definition) is 4. The molecule has 5 aromatic rings. The Balaban J connectivity index is 0.000000480. The van der Waals surface area contributed by atoms with Crippen molar-refractivity contribution in [3.8, 4) is 33.8 Å².